The lowest BCUT2D eigenvalue weighted by Gasteiger charge is -2.32. The number of piperidine rings is 1. The molecule has 1 aliphatic rings. The maximum Gasteiger partial charge on any atom is 0.248 e. The Morgan fingerprint density at radius 1 is 1.30 bits per heavy atom. The first-order chi connectivity index (χ1) is 11.2. The number of nitrogens with one attached hydrogen (secondary N) is 1. The van der Waals surface area contributed by atoms with Crippen LogP contribution in [0.3, 0.4) is 0 Å². The van der Waals surface area contributed by atoms with Crippen LogP contribution in [0.5, 0.6) is 0 Å². The highest BCUT2D eigenvalue weighted by molar-refractivity contribution is 5.77. The summed E-state index contributed by atoms with van der Waals surface area (Å²) in [7, 11) is 1.74. The van der Waals surface area contributed by atoms with Gasteiger partial charge in [0.1, 0.15) is 6.61 Å². The largest absolute Gasteiger partial charge is 0.387 e. The Hall–Kier alpha value is -2.48. The molecule has 2 aromatic rings. The number of carbonyl (C=O) groups excluding carboxylic acids is 1. The van der Waals surface area contributed by atoms with Gasteiger partial charge in [-0.25, -0.2) is 0 Å². The van der Waals surface area contributed by atoms with Gasteiger partial charge < -0.3 is 15.3 Å². The van der Waals surface area contributed by atoms with Gasteiger partial charge >= 0.3 is 0 Å². The van der Waals surface area contributed by atoms with E-state index in [9.17, 15) is 4.79 Å². The molecule has 0 saturated carbocycles. The van der Waals surface area contributed by atoms with E-state index in [-0.39, 0.29) is 5.91 Å². The summed E-state index contributed by atoms with van der Waals surface area (Å²) in [6.45, 7) is 0.952. The van der Waals surface area contributed by atoms with E-state index in [1.807, 2.05) is 24.3 Å². The number of aliphatic hydroxyl groups is 1. The fourth-order valence-electron chi connectivity index (χ4n) is 2.72. The van der Waals surface area contributed by atoms with Crippen LogP contribution >= 0.6 is 0 Å². The Morgan fingerprint density at radius 2 is 2.00 bits per heavy atom. The number of aromatic nitrogens is 4. The molecule has 1 saturated heterocycles. The molecule has 3 rings (SSSR count). The van der Waals surface area contributed by atoms with Gasteiger partial charge in [-0.1, -0.05) is 0 Å². The number of tetrazole rings is 1. The van der Waals surface area contributed by atoms with Crippen molar-refractivity contribution in [3.8, 4) is 11.4 Å². The Kier molecular flexibility index (Phi) is 4.52. The Labute approximate surface area is 134 Å². The van der Waals surface area contributed by atoms with E-state index in [1.54, 1.807) is 11.9 Å². The van der Waals surface area contributed by atoms with Crippen molar-refractivity contribution in [2.24, 2.45) is 7.05 Å². The predicted molar refractivity (Wildman–Crippen MR) is 84.5 cm³/mol. The van der Waals surface area contributed by atoms with E-state index in [0.717, 1.165) is 24.1 Å². The third-order valence-electron chi connectivity index (χ3n) is 4.01. The Bertz CT molecular complexity index is 661. The van der Waals surface area contributed by atoms with Crippen molar-refractivity contribution in [2.45, 2.75) is 18.9 Å². The van der Waals surface area contributed by atoms with Crippen LogP contribution in [0.1, 0.15) is 12.8 Å². The second-order valence-corrected chi connectivity index (χ2v) is 5.64. The van der Waals surface area contributed by atoms with Crippen LogP contribution in [0.25, 0.3) is 11.4 Å². The van der Waals surface area contributed by atoms with Gasteiger partial charge in [-0.3, -0.25) is 4.79 Å². The normalized spacial score (nSPS) is 15.7. The smallest absolute Gasteiger partial charge is 0.248 e. The van der Waals surface area contributed by atoms with Crippen LogP contribution in [0.2, 0.25) is 0 Å². The summed E-state index contributed by atoms with van der Waals surface area (Å²) < 4.78 is 0. The number of likely N-dealkylation sites (tertiary alicyclic amines) is 1. The van der Waals surface area contributed by atoms with Gasteiger partial charge in [-0.15, -0.1) is 10.2 Å². The molecule has 2 heterocycles. The Morgan fingerprint density at radius 3 is 2.57 bits per heavy atom. The molecule has 1 aromatic heterocycles. The quantitative estimate of drug-likeness (QED) is 0.841. The van der Waals surface area contributed by atoms with Crippen LogP contribution in [0.4, 0.5) is 5.69 Å². The summed E-state index contributed by atoms with van der Waals surface area (Å²) in [6.07, 6.45) is 1.75. The SMILES string of the molecule is Cn1nnc(-c2ccc(NC3CCN(C(=O)CO)CC3)cc2)n1. The lowest BCUT2D eigenvalue weighted by molar-refractivity contribution is -0.135. The van der Waals surface area contributed by atoms with Gasteiger partial charge in [0.05, 0.1) is 7.05 Å². The molecule has 8 nitrogen and oxygen atoms in total. The number of hydrogen-bond acceptors (Lipinski definition) is 6. The average Bonchev–Trinajstić information content (AvgIpc) is 3.02. The van der Waals surface area contributed by atoms with Crippen molar-refractivity contribution in [3.63, 3.8) is 0 Å². The molecule has 0 unspecified atom stereocenters. The summed E-state index contributed by atoms with van der Waals surface area (Å²) in [5.41, 5.74) is 1.96. The molecule has 2 N–H and O–H groups in total. The third kappa shape index (κ3) is 3.65. The molecule has 1 aromatic carbocycles. The molecule has 23 heavy (non-hydrogen) atoms. The topological polar surface area (TPSA) is 96.2 Å². The lowest BCUT2D eigenvalue weighted by Crippen LogP contribution is -2.43. The molecule has 0 spiro atoms. The second kappa shape index (κ2) is 6.74. The highest BCUT2D eigenvalue weighted by Gasteiger charge is 2.22. The van der Waals surface area contributed by atoms with Gasteiger partial charge in [0.15, 0.2) is 0 Å². The summed E-state index contributed by atoms with van der Waals surface area (Å²) in [5, 5.41) is 24.4. The molecular formula is C15H20N6O2. The van der Waals surface area contributed by atoms with E-state index in [4.69, 9.17) is 5.11 Å². The van der Waals surface area contributed by atoms with Gasteiger partial charge in [-0.05, 0) is 42.3 Å². The van der Waals surface area contributed by atoms with E-state index in [0.29, 0.717) is 25.0 Å². The van der Waals surface area contributed by atoms with E-state index < -0.39 is 6.61 Å². The first kappa shape index (κ1) is 15.4. The second-order valence-electron chi connectivity index (χ2n) is 5.64. The molecular weight excluding hydrogens is 296 g/mol. The van der Waals surface area contributed by atoms with Crippen molar-refractivity contribution >= 4 is 11.6 Å². The highest BCUT2D eigenvalue weighted by atomic mass is 16.3. The van der Waals surface area contributed by atoms with Crippen LogP contribution in [0, 0.1) is 0 Å². The molecule has 0 bridgehead atoms. The average molecular weight is 316 g/mol. The van der Waals surface area contributed by atoms with Crippen molar-refractivity contribution < 1.29 is 9.90 Å². The monoisotopic (exact) mass is 316 g/mol. The number of rotatable bonds is 4. The molecule has 1 fully saturated rings. The summed E-state index contributed by atoms with van der Waals surface area (Å²) in [6, 6.07) is 8.25. The highest BCUT2D eigenvalue weighted by Crippen LogP contribution is 2.20. The maximum atomic E-state index is 11.4. The lowest BCUT2D eigenvalue weighted by atomic mass is 10.0. The number of aryl methyl sites for hydroxylation is 1. The standard InChI is InChI=1S/C15H20N6O2/c1-20-18-15(17-19-20)11-2-4-12(5-3-11)16-13-6-8-21(9-7-13)14(23)10-22/h2-5,13,16,22H,6-10H2,1H3. The zero-order valence-electron chi connectivity index (χ0n) is 13.0. The Balaban J connectivity index is 1.56. The minimum atomic E-state index is -0.407. The number of carbonyl (C=O) groups is 1. The minimum Gasteiger partial charge on any atom is -0.387 e. The molecule has 8 heteroatoms. The van der Waals surface area contributed by atoms with Crippen molar-refractivity contribution in [1.82, 2.24) is 25.1 Å². The van der Waals surface area contributed by atoms with Gasteiger partial charge in [0, 0.05) is 30.4 Å². The number of aliphatic hydroxyl groups excluding tert-OH is 1. The number of anilines is 1. The zero-order chi connectivity index (χ0) is 16.2. The number of amides is 1. The minimum absolute atomic E-state index is 0.190. The van der Waals surface area contributed by atoms with E-state index in [2.05, 4.69) is 20.7 Å². The van der Waals surface area contributed by atoms with Crippen LogP contribution in [-0.4, -0.2) is 61.9 Å². The van der Waals surface area contributed by atoms with E-state index in [1.165, 1.54) is 4.80 Å². The first-order valence-electron chi connectivity index (χ1n) is 7.65. The fraction of sp³-hybridized carbons (Fsp3) is 0.467. The predicted octanol–water partition coefficient (Wildman–Crippen LogP) is 0.272. The molecule has 0 aliphatic carbocycles. The molecule has 1 aliphatic heterocycles. The van der Waals surface area contributed by atoms with Crippen molar-refractivity contribution in [2.75, 3.05) is 25.0 Å². The number of hydrogen-bond donors (Lipinski definition) is 2. The van der Waals surface area contributed by atoms with Crippen LogP contribution in [0.15, 0.2) is 24.3 Å². The van der Waals surface area contributed by atoms with E-state index >= 15 is 0 Å². The van der Waals surface area contributed by atoms with Crippen LogP contribution in [-0.2, 0) is 11.8 Å². The molecule has 1 amide bonds. The summed E-state index contributed by atoms with van der Waals surface area (Å²) in [4.78, 5) is 14.6. The fourth-order valence-corrected chi connectivity index (χ4v) is 2.72. The number of nitrogens with zero attached hydrogens (tertiary/aromatic N) is 5. The number of benzene rings is 1. The third-order valence-corrected chi connectivity index (χ3v) is 4.01. The van der Waals surface area contributed by atoms with Crippen molar-refractivity contribution in [1.29, 1.82) is 0 Å². The molecule has 0 radical (unpaired) electrons. The summed E-state index contributed by atoms with van der Waals surface area (Å²) >= 11 is 0. The van der Waals surface area contributed by atoms with Gasteiger partial charge in [0.2, 0.25) is 11.7 Å². The molecule has 0 atom stereocenters. The van der Waals surface area contributed by atoms with Crippen molar-refractivity contribution in [3.05, 3.63) is 24.3 Å². The first-order valence-corrected chi connectivity index (χ1v) is 7.65. The van der Waals surface area contributed by atoms with Gasteiger partial charge in [-0.2, -0.15) is 4.80 Å². The molecule has 122 valence electrons. The summed E-state index contributed by atoms with van der Waals surface area (Å²) in [5.74, 6) is 0.416. The zero-order valence-corrected chi connectivity index (χ0v) is 13.0. The van der Waals surface area contributed by atoms with Crippen LogP contribution < -0.4 is 5.32 Å². The maximum absolute atomic E-state index is 11.4. The van der Waals surface area contributed by atoms with Gasteiger partial charge in [0.25, 0.3) is 0 Å².